The van der Waals surface area contributed by atoms with Gasteiger partial charge in [-0.2, -0.15) is 5.10 Å². The average molecular weight is 336 g/mol. The van der Waals surface area contributed by atoms with Crippen molar-refractivity contribution in [2.24, 2.45) is 7.05 Å². The van der Waals surface area contributed by atoms with Crippen molar-refractivity contribution >= 4 is 5.91 Å². The first-order valence-corrected chi connectivity index (χ1v) is 7.91. The van der Waals surface area contributed by atoms with Crippen molar-refractivity contribution in [1.82, 2.24) is 19.7 Å². The Kier molecular flexibility index (Phi) is 4.79. The van der Waals surface area contributed by atoms with E-state index in [1.807, 2.05) is 43.4 Å². The number of hydrogen-bond acceptors (Lipinski definition) is 4. The minimum absolute atomic E-state index is 0.0386. The van der Waals surface area contributed by atoms with Crippen LogP contribution in [0.1, 0.15) is 15.9 Å². The molecule has 1 aromatic heterocycles. The Morgan fingerprint density at radius 3 is 2.60 bits per heavy atom. The molecule has 3 aromatic rings. The predicted octanol–water partition coefficient (Wildman–Crippen LogP) is 2.76. The van der Waals surface area contributed by atoms with Crippen LogP contribution in [0, 0.1) is 0 Å². The standard InChI is InChI=1S/C19H20N4O2/c1-22(12-14-5-4-6-17(11-14)25-3)19(24)16-9-7-15(8-10-16)18-20-13-23(2)21-18/h4-11,13H,12H2,1-3H3. The Morgan fingerprint density at radius 1 is 1.20 bits per heavy atom. The van der Waals surface area contributed by atoms with Gasteiger partial charge in [0.1, 0.15) is 12.1 Å². The van der Waals surface area contributed by atoms with E-state index in [1.54, 1.807) is 42.2 Å². The van der Waals surface area contributed by atoms with Gasteiger partial charge in [-0.1, -0.05) is 24.3 Å². The van der Waals surface area contributed by atoms with Gasteiger partial charge in [0.05, 0.1) is 7.11 Å². The predicted molar refractivity (Wildman–Crippen MR) is 95.2 cm³/mol. The topological polar surface area (TPSA) is 60.2 Å². The number of aromatic nitrogens is 3. The van der Waals surface area contributed by atoms with Crippen LogP contribution in [-0.4, -0.2) is 39.7 Å². The molecular weight excluding hydrogens is 316 g/mol. The van der Waals surface area contributed by atoms with E-state index >= 15 is 0 Å². The molecule has 0 N–H and O–H groups in total. The van der Waals surface area contributed by atoms with Gasteiger partial charge in [0.15, 0.2) is 5.82 Å². The lowest BCUT2D eigenvalue weighted by atomic mass is 10.1. The molecule has 1 heterocycles. The minimum atomic E-state index is -0.0386. The molecule has 0 bridgehead atoms. The molecule has 0 atom stereocenters. The van der Waals surface area contributed by atoms with E-state index in [9.17, 15) is 4.79 Å². The third-order valence-corrected chi connectivity index (χ3v) is 3.89. The number of hydrogen-bond donors (Lipinski definition) is 0. The van der Waals surface area contributed by atoms with Crippen LogP contribution in [0.15, 0.2) is 54.9 Å². The molecule has 0 unspecified atom stereocenters. The lowest BCUT2D eigenvalue weighted by Crippen LogP contribution is -2.26. The van der Waals surface area contributed by atoms with Crippen LogP contribution in [0.25, 0.3) is 11.4 Å². The summed E-state index contributed by atoms with van der Waals surface area (Å²) in [5, 5.41) is 4.26. The molecule has 0 fully saturated rings. The Hall–Kier alpha value is -3.15. The van der Waals surface area contributed by atoms with Crippen LogP contribution in [-0.2, 0) is 13.6 Å². The third kappa shape index (κ3) is 3.85. The molecule has 2 aromatic carbocycles. The van der Waals surface area contributed by atoms with Crippen LogP contribution < -0.4 is 4.74 Å². The second-order valence-corrected chi connectivity index (χ2v) is 5.83. The smallest absolute Gasteiger partial charge is 0.253 e. The number of carbonyl (C=O) groups is 1. The van der Waals surface area contributed by atoms with Crippen molar-refractivity contribution in [1.29, 1.82) is 0 Å². The fraction of sp³-hybridized carbons (Fsp3) is 0.211. The molecule has 0 saturated heterocycles. The summed E-state index contributed by atoms with van der Waals surface area (Å²) >= 11 is 0. The molecule has 6 nitrogen and oxygen atoms in total. The number of nitrogens with zero attached hydrogens (tertiary/aromatic N) is 4. The normalized spacial score (nSPS) is 10.5. The molecule has 0 spiro atoms. The Bertz CT molecular complexity index is 871. The molecule has 1 amide bonds. The van der Waals surface area contributed by atoms with E-state index in [0.29, 0.717) is 17.9 Å². The van der Waals surface area contributed by atoms with Gasteiger partial charge in [-0.15, -0.1) is 0 Å². The van der Waals surface area contributed by atoms with Crippen molar-refractivity contribution in [2.45, 2.75) is 6.54 Å². The fourth-order valence-corrected chi connectivity index (χ4v) is 2.57. The van der Waals surface area contributed by atoms with E-state index in [0.717, 1.165) is 16.9 Å². The third-order valence-electron chi connectivity index (χ3n) is 3.89. The molecule has 3 rings (SSSR count). The summed E-state index contributed by atoms with van der Waals surface area (Å²) in [5.41, 5.74) is 2.53. The molecule has 128 valence electrons. The molecule has 0 aliphatic carbocycles. The van der Waals surface area contributed by atoms with E-state index in [4.69, 9.17) is 4.74 Å². The number of ether oxygens (including phenoxy) is 1. The number of amides is 1. The average Bonchev–Trinajstić information content (AvgIpc) is 3.07. The first kappa shape index (κ1) is 16.7. The van der Waals surface area contributed by atoms with Crippen molar-refractivity contribution in [2.75, 3.05) is 14.2 Å². The largest absolute Gasteiger partial charge is 0.497 e. The summed E-state index contributed by atoms with van der Waals surface area (Å²) in [6.07, 6.45) is 1.65. The van der Waals surface area contributed by atoms with Crippen molar-refractivity contribution in [3.63, 3.8) is 0 Å². The lowest BCUT2D eigenvalue weighted by molar-refractivity contribution is 0.0785. The second kappa shape index (κ2) is 7.17. The summed E-state index contributed by atoms with van der Waals surface area (Å²) in [7, 11) is 5.24. The highest BCUT2D eigenvalue weighted by molar-refractivity contribution is 5.94. The monoisotopic (exact) mass is 336 g/mol. The van der Waals surface area contributed by atoms with E-state index in [1.165, 1.54) is 0 Å². The van der Waals surface area contributed by atoms with Crippen LogP contribution in [0.4, 0.5) is 0 Å². The van der Waals surface area contributed by atoms with Crippen LogP contribution in [0.3, 0.4) is 0 Å². The summed E-state index contributed by atoms with van der Waals surface area (Å²) in [6.45, 7) is 0.513. The van der Waals surface area contributed by atoms with Crippen LogP contribution >= 0.6 is 0 Å². The summed E-state index contributed by atoms with van der Waals surface area (Å²) in [6, 6.07) is 15.0. The number of rotatable bonds is 5. The van der Waals surface area contributed by atoms with Gasteiger partial charge in [0, 0.05) is 31.8 Å². The van der Waals surface area contributed by atoms with Crippen molar-refractivity contribution < 1.29 is 9.53 Å². The quantitative estimate of drug-likeness (QED) is 0.719. The molecule has 0 saturated carbocycles. The molecule has 0 aliphatic rings. The number of aryl methyl sites for hydroxylation is 1. The maximum absolute atomic E-state index is 12.6. The van der Waals surface area contributed by atoms with E-state index in [-0.39, 0.29) is 5.91 Å². The van der Waals surface area contributed by atoms with Crippen LogP contribution in [0.5, 0.6) is 5.75 Å². The second-order valence-electron chi connectivity index (χ2n) is 5.83. The zero-order chi connectivity index (χ0) is 17.8. The van der Waals surface area contributed by atoms with E-state index in [2.05, 4.69) is 10.1 Å². The van der Waals surface area contributed by atoms with Crippen molar-refractivity contribution in [3.8, 4) is 17.1 Å². The molecule has 0 aliphatic heterocycles. The summed E-state index contributed by atoms with van der Waals surface area (Å²) in [5.74, 6) is 1.39. The lowest BCUT2D eigenvalue weighted by Gasteiger charge is -2.18. The van der Waals surface area contributed by atoms with Gasteiger partial charge in [-0.05, 0) is 29.8 Å². The summed E-state index contributed by atoms with van der Waals surface area (Å²) < 4.78 is 6.87. The Labute approximate surface area is 146 Å². The number of benzene rings is 2. The molecule has 25 heavy (non-hydrogen) atoms. The highest BCUT2D eigenvalue weighted by Crippen LogP contribution is 2.18. The van der Waals surface area contributed by atoms with Crippen LogP contribution in [0.2, 0.25) is 0 Å². The zero-order valence-electron chi connectivity index (χ0n) is 14.5. The maximum atomic E-state index is 12.6. The van der Waals surface area contributed by atoms with Gasteiger partial charge >= 0.3 is 0 Å². The first-order chi connectivity index (χ1) is 12.1. The van der Waals surface area contributed by atoms with Gasteiger partial charge in [-0.3, -0.25) is 9.48 Å². The fourth-order valence-electron chi connectivity index (χ4n) is 2.57. The van der Waals surface area contributed by atoms with Crippen molar-refractivity contribution in [3.05, 3.63) is 66.0 Å². The van der Waals surface area contributed by atoms with Gasteiger partial charge < -0.3 is 9.64 Å². The van der Waals surface area contributed by atoms with Gasteiger partial charge in [0.25, 0.3) is 5.91 Å². The molecular formula is C19H20N4O2. The minimum Gasteiger partial charge on any atom is -0.497 e. The van der Waals surface area contributed by atoms with Gasteiger partial charge in [0.2, 0.25) is 0 Å². The number of methoxy groups -OCH3 is 1. The van der Waals surface area contributed by atoms with E-state index < -0.39 is 0 Å². The molecule has 0 radical (unpaired) electrons. The Morgan fingerprint density at radius 2 is 1.96 bits per heavy atom. The summed E-state index contributed by atoms with van der Waals surface area (Å²) in [4.78, 5) is 18.5. The SMILES string of the molecule is COc1cccc(CN(C)C(=O)c2ccc(-c3ncn(C)n3)cc2)c1. The maximum Gasteiger partial charge on any atom is 0.253 e. The molecule has 6 heteroatoms. The number of carbonyl (C=O) groups excluding carboxylic acids is 1. The highest BCUT2D eigenvalue weighted by Gasteiger charge is 2.13. The Balaban J connectivity index is 1.71. The van der Waals surface area contributed by atoms with Gasteiger partial charge in [-0.25, -0.2) is 4.98 Å². The first-order valence-electron chi connectivity index (χ1n) is 7.91. The highest BCUT2D eigenvalue weighted by atomic mass is 16.5. The zero-order valence-corrected chi connectivity index (χ0v) is 14.5.